The number of hydrogen-bond acceptors (Lipinski definition) is 39. The quantitative estimate of drug-likeness (QED) is 0.0540. The standard InChI is InChI=1S/C72H36O50S5/c73-29-7-2-4-1-5-9(52(85)86)44(80)58(96)40-11-12-26-37(115-124(104)105)15-10-16(47-59(113-47)8(51(83)84)3-6-30(74)39(117-126(108)109)27(13(11)34(78)46(58)82)61(26,98)60(6,97)41(15)59)36(114-123(102)103)19-24(31(10)75)62(99)43(56(93)94)63(100)42-50(112-49-35(79)20(54(89)90)25(32(19)76)70(62)69(42,49)121-70)64(101)48(118-127(110)111)17(53(87)88)14-23-22(18(29)38(33(14)77)116-125(106)107)68(57(95)72(63)71(23,64)122-72)66(7,120-68)45(81)21(4)67(28(12)55(91)92)65(5,40)119-67/h1-3,9,28,32,37,43-44,47-48,73-76,78-81,96-101H,(H,83,84)(H,85,86)(H,87,88)(H,89,90)(H,91,92)(H,93,94)(H,102,103)(H,104,105)(H,106,107)(H,108,109)(H,110,111). The smallest absolute Gasteiger partial charge is 0.357 e. The van der Waals surface area contributed by atoms with Gasteiger partial charge in [0.1, 0.15) is 88.1 Å². The Bertz CT molecular complexity index is 7280. The predicted molar refractivity (Wildman–Crippen MR) is 375 cm³/mol. The number of carboxylic acids is 6. The number of aliphatic hydroxyl groups excluding tert-OH is 7. The van der Waals surface area contributed by atoms with E-state index in [-0.39, 0.29) is 6.08 Å². The molecule has 28 unspecified atom stereocenters. The van der Waals surface area contributed by atoms with Gasteiger partial charge in [-0.2, -0.15) is 21.0 Å². The van der Waals surface area contributed by atoms with Crippen molar-refractivity contribution in [2.45, 2.75) is 115 Å². The van der Waals surface area contributed by atoms with Crippen LogP contribution >= 0.6 is 0 Å². The highest BCUT2D eigenvalue weighted by Crippen LogP contribution is 2.95. The Morgan fingerprint density at radius 2 is 1.17 bits per heavy atom. The van der Waals surface area contributed by atoms with Gasteiger partial charge in [0.05, 0.1) is 27.9 Å². The number of rotatable bonds is 16. The number of allylic oxidation sites excluding steroid dienone is 4. The summed E-state index contributed by atoms with van der Waals surface area (Å²) in [5.74, 6) is -56.1. The number of epoxide rings is 5. The van der Waals surface area contributed by atoms with Crippen molar-refractivity contribution in [3.8, 4) is 11.5 Å². The molecule has 6 heterocycles. The Balaban J connectivity index is 0.960. The van der Waals surface area contributed by atoms with E-state index in [9.17, 15) is 145 Å². The minimum Gasteiger partial charge on any atom is -0.508 e. The van der Waals surface area contributed by atoms with Gasteiger partial charge in [0.25, 0.3) is 0 Å². The van der Waals surface area contributed by atoms with Crippen molar-refractivity contribution >= 4 is 116 Å². The molecule has 26 rings (SSSR count). The van der Waals surface area contributed by atoms with E-state index in [1.807, 2.05) is 0 Å². The van der Waals surface area contributed by atoms with Crippen molar-refractivity contribution in [1.82, 2.24) is 0 Å². The first-order valence-electron chi connectivity index (χ1n) is 36.2. The minimum atomic E-state index is -4.98. The number of ketones is 3. The normalized spacial score (nSPS) is 45.5. The zero-order chi connectivity index (χ0) is 90.5. The molecule has 127 heavy (non-hydrogen) atoms. The number of benzene rings is 1. The number of fused-ring (bicyclic) bond motifs is 3. The van der Waals surface area contributed by atoms with E-state index in [1.165, 1.54) is 0 Å². The third-order valence-corrected chi connectivity index (χ3v) is 31.9. The zero-order valence-electron chi connectivity index (χ0n) is 60.3. The van der Waals surface area contributed by atoms with Crippen LogP contribution in [0, 0.1) is 17.8 Å². The van der Waals surface area contributed by atoms with E-state index >= 15 is 44.4 Å². The molecule has 50 nitrogen and oxygen atoms in total. The molecular formula is C72H36O50S5. The molecule has 25 aliphatic rings. The van der Waals surface area contributed by atoms with E-state index in [0.717, 1.165) is 0 Å². The summed E-state index contributed by atoms with van der Waals surface area (Å²) in [6.45, 7) is 0. The molecule has 19 aliphatic carbocycles. The summed E-state index contributed by atoms with van der Waals surface area (Å²) in [5, 5.41) is 273. The lowest BCUT2D eigenvalue weighted by Gasteiger charge is -2.63. The van der Waals surface area contributed by atoms with Crippen LogP contribution in [0.2, 0.25) is 0 Å². The number of Topliss-reactive ketones (excluding diaryl/α,β-unsaturated/α-hetero) is 3. The monoisotopic (exact) mass is 1860 g/mol. The number of aliphatic hydroxyl groups is 13. The molecule has 0 radical (unpaired) electrons. The number of ether oxygens (including phenoxy) is 6. The topological polar surface area (TPSA) is 863 Å². The molecule has 9 spiro atoms. The Kier molecular flexibility index (Phi) is 12.3. The second-order valence-corrected chi connectivity index (χ2v) is 36.7. The SMILES string of the molecule is O=C(O)C1=CC2=C(O)C(OS(=O)O)=C3C4=C(O)C(=O)C5(O)C6=C4C4=C7C(OS(=O)O)C8=C(C19OC9c1c(OS(=O)O)c9c(c(O)c18)C1(O)C(C(=O)O)C8(O)C%10=C(OC%11=C(O)C(C(=O)O)=C(C9O)C19OC%11%109)C1(O)C(OS(=O)O)C(C(=O)O)=C9C(=O)C(OS(=O)O)=C%10C(O)=C%11C=C%12C=C(C(C(=O)O)C5O)C65OC5(C%12=C(O)C%115OC56C(=O)C85OC15C9=C%106)C4C(=O)O)C2(O)C37O. The third-order valence-electron chi connectivity index (χ3n) is 30.3. The van der Waals surface area contributed by atoms with E-state index in [2.05, 4.69) is 0 Å². The van der Waals surface area contributed by atoms with Gasteiger partial charge >= 0.3 is 92.6 Å². The molecule has 0 aromatic heterocycles. The molecule has 55 heteroatoms. The second kappa shape index (κ2) is 20.3. The van der Waals surface area contributed by atoms with E-state index in [4.69, 9.17) is 49.3 Å². The summed E-state index contributed by atoms with van der Waals surface area (Å²) in [6.07, 6.45) is -16.3. The van der Waals surface area contributed by atoms with Crippen LogP contribution in [0.3, 0.4) is 0 Å². The number of carbonyl (C=O) groups is 9. The Hall–Kier alpha value is -11.4. The van der Waals surface area contributed by atoms with Gasteiger partial charge in [-0.05, 0) is 34.4 Å². The summed E-state index contributed by atoms with van der Waals surface area (Å²) in [6, 6.07) is 0. The summed E-state index contributed by atoms with van der Waals surface area (Å²) in [4.78, 5) is 142. The van der Waals surface area contributed by atoms with Gasteiger partial charge in [-0.1, -0.05) is 6.08 Å². The van der Waals surface area contributed by atoms with Gasteiger partial charge in [-0.25, -0.2) is 14.4 Å². The average Bonchev–Trinajstić information content (AvgIpc) is 1.37. The van der Waals surface area contributed by atoms with Gasteiger partial charge in [-0.15, -0.1) is 0 Å². The summed E-state index contributed by atoms with van der Waals surface area (Å²) < 4.78 is 193. The van der Waals surface area contributed by atoms with Crippen LogP contribution in [0.4, 0.5) is 0 Å². The van der Waals surface area contributed by atoms with Crippen LogP contribution in [-0.4, -0.2) is 296 Å². The first-order chi connectivity index (χ1) is 59.4. The maximum Gasteiger partial charge on any atom is 0.357 e. The van der Waals surface area contributed by atoms with Crippen LogP contribution in [0.1, 0.15) is 34.5 Å². The lowest BCUT2D eigenvalue weighted by Crippen LogP contribution is -2.83. The fraction of sp³-hybridized carbons (Fsp3) is 0.319. The summed E-state index contributed by atoms with van der Waals surface area (Å²) in [7, 11) is 0. The van der Waals surface area contributed by atoms with Gasteiger partial charge in [0, 0.05) is 89.1 Å². The van der Waals surface area contributed by atoms with Gasteiger partial charge in [-0.3, -0.25) is 59.9 Å². The van der Waals surface area contributed by atoms with Crippen molar-refractivity contribution in [1.29, 1.82) is 0 Å². The number of hydrogen-bond donors (Lipinski definition) is 25. The van der Waals surface area contributed by atoms with Crippen LogP contribution in [0.5, 0.6) is 11.5 Å². The largest absolute Gasteiger partial charge is 0.508 e. The molecule has 12 bridgehead atoms. The lowest BCUT2D eigenvalue weighted by molar-refractivity contribution is -0.208. The maximum absolute atomic E-state index is 18.6. The molecule has 1 aromatic carbocycles. The molecule has 654 valence electrons. The fourth-order valence-corrected chi connectivity index (χ4v) is 28.8. The molecule has 7 fully saturated rings. The number of aliphatic carboxylic acids is 6. The summed E-state index contributed by atoms with van der Waals surface area (Å²) >= 11 is -21.1. The van der Waals surface area contributed by atoms with Gasteiger partial charge in [0.2, 0.25) is 28.7 Å². The van der Waals surface area contributed by atoms with E-state index in [1.54, 1.807) is 0 Å². The Labute approximate surface area is 703 Å². The first-order valence-corrected chi connectivity index (χ1v) is 41.4. The third kappa shape index (κ3) is 6.26. The maximum atomic E-state index is 18.6. The van der Waals surface area contributed by atoms with Gasteiger partial charge < -0.3 is 143 Å². The molecule has 0 amide bonds. The molecular weight excluding hydrogens is 1830 g/mol. The highest BCUT2D eigenvalue weighted by Gasteiger charge is 3.12. The van der Waals surface area contributed by atoms with Crippen LogP contribution in [0.15, 0.2) is 187 Å². The number of phenolic OH excluding ortho intramolecular Hbond substituents is 1. The molecule has 28 atom stereocenters. The van der Waals surface area contributed by atoms with Crippen LogP contribution < -0.4 is 4.18 Å². The van der Waals surface area contributed by atoms with Crippen molar-refractivity contribution < 1.29 is 238 Å². The Morgan fingerprint density at radius 1 is 0.512 bits per heavy atom. The van der Waals surface area contributed by atoms with Crippen molar-refractivity contribution in [2.24, 2.45) is 17.8 Å². The minimum absolute atomic E-state index is 0.127. The molecule has 2 saturated carbocycles. The molecule has 5 saturated heterocycles. The van der Waals surface area contributed by atoms with Crippen LogP contribution in [0.25, 0.3) is 5.57 Å². The fourth-order valence-electron chi connectivity index (χ4n) is 27.1. The van der Waals surface area contributed by atoms with Crippen molar-refractivity contribution in [2.75, 3.05) is 0 Å². The Morgan fingerprint density at radius 3 is 1.78 bits per heavy atom. The first kappa shape index (κ1) is 76.8. The molecule has 25 N–H and O–H groups in total. The van der Waals surface area contributed by atoms with Crippen molar-refractivity contribution in [3.05, 3.63) is 209 Å². The highest BCUT2D eigenvalue weighted by molar-refractivity contribution is 7.75. The highest BCUT2D eigenvalue weighted by atomic mass is 32.2. The molecule has 1 aromatic rings. The molecule has 6 aliphatic heterocycles. The van der Waals surface area contributed by atoms with E-state index < -0.39 is 450 Å². The van der Waals surface area contributed by atoms with Gasteiger partial charge in [0.15, 0.2) is 102 Å². The van der Waals surface area contributed by atoms with Crippen LogP contribution in [-0.2, 0) is 151 Å². The number of carbonyl (C=O) groups excluding carboxylic acids is 3. The van der Waals surface area contributed by atoms with E-state index in [0.29, 0.717) is 12.2 Å². The average molecular weight is 1860 g/mol. The lowest BCUT2D eigenvalue weighted by atomic mass is 9.37. The second-order valence-electron chi connectivity index (χ2n) is 33.6. The number of aromatic hydroxyl groups is 1. The number of phenols is 1. The zero-order valence-corrected chi connectivity index (χ0v) is 64.4. The number of carboxylic acid groups (broad SMARTS) is 6. The summed E-state index contributed by atoms with van der Waals surface area (Å²) in [5.41, 5.74) is -110. The predicted octanol–water partition coefficient (Wildman–Crippen LogP) is -6.51. The van der Waals surface area contributed by atoms with Crippen molar-refractivity contribution in [3.63, 3.8) is 0 Å².